The number of ether oxygens (including phenoxy) is 1. The van der Waals surface area contributed by atoms with Gasteiger partial charge in [-0.3, -0.25) is 4.79 Å². The Balaban J connectivity index is 3.05. The molecular formula is C12H14ClFO2S. The van der Waals surface area contributed by atoms with Crippen LogP contribution in [0, 0.1) is 12.7 Å². The number of hydrogen-bond donors (Lipinski definition) is 0. The molecule has 1 aromatic rings. The number of alkyl halides is 1. The first kappa shape index (κ1) is 14.3. The third kappa shape index (κ3) is 3.61. The van der Waals surface area contributed by atoms with Crippen molar-refractivity contribution in [2.45, 2.75) is 13.8 Å². The summed E-state index contributed by atoms with van der Waals surface area (Å²) in [5, 5.41) is -0.0688. The first-order valence-electron chi connectivity index (χ1n) is 5.26. The van der Waals surface area contributed by atoms with E-state index in [-0.39, 0.29) is 23.4 Å². The van der Waals surface area contributed by atoms with Gasteiger partial charge in [0, 0.05) is 11.1 Å². The molecule has 2 nitrogen and oxygen atoms in total. The standard InChI is InChI=1S/C12H14ClFO2S/c1-3-17-12(15)9-4-5-10(14)11(8(9)2)16-7-6-13/h4-5H,3,6-7H2,1-2H3. The Hall–Kier alpha value is -0.740. The van der Waals surface area contributed by atoms with Gasteiger partial charge in [0.1, 0.15) is 6.61 Å². The Labute approximate surface area is 109 Å². The molecule has 0 aliphatic carbocycles. The number of carbonyl (C=O) groups is 1. The van der Waals surface area contributed by atoms with Crippen LogP contribution in [0.1, 0.15) is 22.8 Å². The van der Waals surface area contributed by atoms with Crippen LogP contribution < -0.4 is 4.74 Å². The van der Waals surface area contributed by atoms with Crippen molar-refractivity contribution in [2.24, 2.45) is 0 Å². The molecule has 0 aromatic heterocycles. The van der Waals surface area contributed by atoms with Gasteiger partial charge in [-0.25, -0.2) is 4.39 Å². The summed E-state index contributed by atoms with van der Waals surface area (Å²) in [5.74, 6) is 0.618. The van der Waals surface area contributed by atoms with Crippen LogP contribution in [0.4, 0.5) is 4.39 Å². The fourth-order valence-corrected chi connectivity index (χ4v) is 2.12. The molecule has 0 aliphatic heterocycles. The quantitative estimate of drug-likeness (QED) is 0.768. The molecule has 0 fully saturated rings. The van der Waals surface area contributed by atoms with Crippen molar-refractivity contribution >= 4 is 28.5 Å². The van der Waals surface area contributed by atoms with Crippen molar-refractivity contribution in [2.75, 3.05) is 18.2 Å². The van der Waals surface area contributed by atoms with Gasteiger partial charge in [0.25, 0.3) is 0 Å². The number of benzene rings is 1. The van der Waals surface area contributed by atoms with E-state index in [0.717, 1.165) is 0 Å². The van der Waals surface area contributed by atoms with Crippen molar-refractivity contribution in [1.82, 2.24) is 0 Å². The summed E-state index contributed by atoms with van der Waals surface area (Å²) < 4.78 is 18.7. The van der Waals surface area contributed by atoms with E-state index >= 15 is 0 Å². The van der Waals surface area contributed by atoms with Gasteiger partial charge >= 0.3 is 0 Å². The zero-order valence-electron chi connectivity index (χ0n) is 9.76. The van der Waals surface area contributed by atoms with Gasteiger partial charge < -0.3 is 4.74 Å². The molecule has 0 amide bonds. The van der Waals surface area contributed by atoms with E-state index in [0.29, 0.717) is 16.9 Å². The van der Waals surface area contributed by atoms with Crippen molar-refractivity contribution in [3.05, 3.63) is 29.1 Å². The van der Waals surface area contributed by atoms with E-state index in [9.17, 15) is 9.18 Å². The predicted molar refractivity (Wildman–Crippen MR) is 69.8 cm³/mol. The highest BCUT2D eigenvalue weighted by Gasteiger charge is 2.16. The van der Waals surface area contributed by atoms with Gasteiger partial charge in [0.05, 0.1) is 5.88 Å². The zero-order valence-corrected chi connectivity index (χ0v) is 11.3. The lowest BCUT2D eigenvalue weighted by atomic mass is 10.1. The number of hydrogen-bond acceptors (Lipinski definition) is 3. The lowest BCUT2D eigenvalue weighted by Gasteiger charge is -2.12. The van der Waals surface area contributed by atoms with E-state index in [1.54, 1.807) is 6.92 Å². The minimum Gasteiger partial charge on any atom is -0.489 e. The van der Waals surface area contributed by atoms with Gasteiger partial charge in [-0.05, 0) is 24.8 Å². The molecule has 0 atom stereocenters. The molecule has 0 saturated heterocycles. The molecule has 0 aliphatic rings. The molecule has 94 valence electrons. The van der Waals surface area contributed by atoms with Crippen LogP contribution in [-0.4, -0.2) is 23.4 Å². The van der Waals surface area contributed by atoms with Crippen LogP contribution >= 0.6 is 23.4 Å². The molecule has 0 saturated carbocycles. The van der Waals surface area contributed by atoms with Crippen molar-refractivity contribution in [3.8, 4) is 5.75 Å². The second-order valence-electron chi connectivity index (χ2n) is 3.31. The first-order valence-corrected chi connectivity index (χ1v) is 6.78. The Morgan fingerprint density at radius 1 is 1.53 bits per heavy atom. The lowest BCUT2D eigenvalue weighted by molar-refractivity contribution is 0.108. The maximum absolute atomic E-state index is 13.5. The summed E-state index contributed by atoms with van der Waals surface area (Å²) in [7, 11) is 0. The fourth-order valence-electron chi connectivity index (χ4n) is 1.41. The number of carbonyl (C=O) groups excluding carboxylic acids is 1. The van der Waals surface area contributed by atoms with Crippen LogP contribution in [0.15, 0.2) is 12.1 Å². The van der Waals surface area contributed by atoms with E-state index in [1.165, 1.54) is 23.9 Å². The molecule has 0 bridgehead atoms. The minimum atomic E-state index is -0.467. The van der Waals surface area contributed by atoms with Crippen LogP contribution in [-0.2, 0) is 0 Å². The summed E-state index contributed by atoms with van der Waals surface area (Å²) >= 11 is 6.68. The molecule has 5 heteroatoms. The molecule has 1 rings (SSSR count). The molecule has 0 N–H and O–H groups in total. The van der Waals surface area contributed by atoms with Crippen molar-refractivity contribution in [3.63, 3.8) is 0 Å². The molecule has 17 heavy (non-hydrogen) atoms. The molecule has 0 spiro atoms. The predicted octanol–water partition coefficient (Wildman–Crippen LogP) is 3.65. The average Bonchev–Trinajstić information content (AvgIpc) is 2.29. The van der Waals surface area contributed by atoms with Gasteiger partial charge in [0.15, 0.2) is 11.6 Å². The summed E-state index contributed by atoms with van der Waals surface area (Å²) in [4.78, 5) is 11.8. The SMILES string of the molecule is CCSC(=O)c1ccc(F)c(OCCCl)c1C. The molecular weight excluding hydrogens is 263 g/mol. The summed E-state index contributed by atoms with van der Waals surface area (Å²) in [5.41, 5.74) is 1.02. The van der Waals surface area contributed by atoms with Gasteiger partial charge in [-0.1, -0.05) is 18.7 Å². The summed E-state index contributed by atoms with van der Waals surface area (Å²) in [6, 6.07) is 2.74. The first-order chi connectivity index (χ1) is 8.11. The van der Waals surface area contributed by atoms with Crippen LogP contribution in [0.5, 0.6) is 5.75 Å². The molecule has 0 radical (unpaired) electrons. The van der Waals surface area contributed by atoms with Crippen molar-refractivity contribution < 1.29 is 13.9 Å². The normalized spacial score (nSPS) is 10.4. The van der Waals surface area contributed by atoms with Crippen LogP contribution in [0.2, 0.25) is 0 Å². The van der Waals surface area contributed by atoms with Crippen LogP contribution in [0.3, 0.4) is 0 Å². The second-order valence-corrected chi connectivity index (χ2v) is 4.92. The maximum Gasteiger partial charge on any atom is 0.219 e. The topological polar surface area (TPSA) is 26.3 Å². The largest absolute Gasteiger partial charge is 0.489 e. The molecule has 1 aromatic carbocycles. The Morgan fingerprint density at radius 2 is 2.24 bits per heavy atom. The van der Waals surface area contributed by atoms with Gasteiger partial charge in [0.2, 0.25) is 5.12 Å². The average molecular weight is 277 g/mol. The zero-order chi connectivity index (χ0) is 12.8. The second kappa shape index (κ2) is 6.87. The highest BCUT2D eigenvalue weighted by molar-refractivity contribution is 8.14. The maximum atomic E-state index is 13.5. The number of rotatable bonds is 5. The highest BCUT2D eigenvalue weighted by Crippen LogP contribution is 2.28. The minimum absolute atomic E-state index is 0.0688. The Kier molecular flexibility index (Phi) is 5.78. The summed E-state index contributed by atoms with van der Waals surface area (Å²) in [6.07, 6.45) is 0. The number of thioether (sulfide) groups is 1. The third-order valence-corrected chi connectivity index (χ3v) is 3.10. The Bertz CT molecular complexity index is 410. The molecule has 0 unspecified atom stereocenters. The van der Waals surface area contributed by atoms with Crippen LogP contribution in [0.25, 0.3) is 0 Å². The monoisotopic (exact) mass is 276 g/mol. The Morgan fingerprint density at radius 3 is 2.82 bits per heavy atom. The lowest BCUT2D eigenvalue weighted by Crippen LogP contribution is -2.06. The highest BCUT2D eigenvalue weighted by atomic mass is 35.5. The van der Waals surface area contributed by atoms with E-state index in [2.05, 4.69) is 0 Å². The van der Waals surface area contributed by atoms with Gasteiger partial charge in [-0.15, -0.1) is 11.6 Å². The fraction of sp³-hybridized carbons (Fsp3) is 0.417. The van der Waals surface area contributed by atoms with E-state index in [1.807, 2.05) is 6.92 Å². The smallest absolute Gasteiger partial charge is 0.219 e. The van der Waals surface area contributed by atoms with E-state index < -0.39 is 5.82 Å². The number of halogens is 2. The molecule has 0 heterocycles. The summed E-state index contributed by atoms with van der Waals surface area (Å²) in [6.45, 7) is 3.79. The van der Waals surface area contributed by atoms with Crippen molar-refractivity contribution in [1.29, 1.82) is 0 Å². The third-order valence-electron chi connectivity index (χ3n) is 2.18. The van der Waals surface area contributed by atoms with E-state index in [4.69, 9.17) is 16.3 Å². The van der Waals surface area contributed by atoms with Gasteiger partial charge in [-0.2, -0.15) is 0 Å².